The molecule has 0 aliphatic heterocycles. The summed E-state index contributed by atoms with van der Waals surface area (Å²) >= 11 is 0. The molecule has 3 heteroatoms. The van der Waals surface area contributed by atoms with Crippen LogP contribution in [0.4, 0.5) is 0 Å². The van der Waals surface area contributed by atoms with Crippen LogP contribution in [0.25, 0.3) is 0 Å². The van der Waals surface area contributed by atoms with Gasteiger partial charge in [0.2, 0.25) is 0 Å². The lowest BCUT2D eigenvalue weighted by atomic mass is 9.93. The van der Waals surface area contributed by atoms with Gasteiger partial charge in [-0.15, -0.1) is 0 Å². The molecule has 18 heavy (non-hydrogen) atoms. The number of furan rings is 1. The predicted molar refractivity (Wildman–Crippen MR) is 74.3 cm³/mol. The number of hydrogen-bond donors (Lipinski definition) is 1. The fourth-order valence-electron chi connectivity index (χ4n) is 3.18. The van der Waals surface area contributed by atoms with E-state index in [4.69, 9.17) is 10.2 Å². The summed E-state index contributed by atoms with van der Waals surface area (Å²) in [6.45, 7) is 3.83. The largest absolute Gasteiger partial charge is 0.469 e. The van der Waals surface area contributed by atoms with Crippen molar-refractivity contribution in [1.82, 2.24) is 4.90 Å². The molecule has 0 amide bonds. The molecule has 0 bridgehead atoms. The maximum Gasteiger partial charge on any atom is 0.105 e. The fraction of sp³-hybridized carbons (Fsp3) is 0.733. The molecular weight excluding hydrogens is 224 g/mol. The molecule has 0 radical (unpaired) electrons. The lowest BCUT2D eigenvalue weighted by Crippen LogP contribution is -2.40. The van der Waals surface area contributed by atoms with Crippen molar-refractivity contribution in [2.24, 2.45) is 11.7 Å². The minimum atomic E-state index is 0.631. The highest BCUT2D eigenvalue weighted by Crippen LogP contribution is 2.27. The van der Waals surface area contributed by atoms with Gasteiger partial charge in [0.05, 0.1) is 6.26 Å². The standard InChI is InChI=1S/C15H26N2O/c1-12-14(8-9-18-12)11-17(2)15-7-5-3-4-6-13(15)10-16/h8-9,13,15H,3-7,10-11,16H2,1-2H3. The first kappa shape index (κ1) is 13.6. The van der Waals surface area contributed by atoms with Gasteiger partial charge in [0.15, 0.2) is 0 Å². The Hall–Kier alpha value is -0.800. The average Bonchev–Trinajstić information content (AvgIpc) is 2.66. The van der Waals surface area contributed by atoms with Crippen LogP contribution in [0, 0.1) is 12.8 Å². The molecule has 102 valence electrons. The van der Waals surface area contributed by atoms with E-state index < -0.39 is 0 Å². The van der Waals surface area contributed by atoms with E-state index in [1.807, 2.05) is 6.92 Å². The van der Waals surface area contributed by atoms with Crippen LogP contribution in [0.2, 0.25) is 0 Å². The van der Waals surface area contributed by atoms with Crippen molar-refractivity contribution in [1.29, 1.82) is 0 Å². The van der Waals surface area contributed by atoms with E-state index in [-0.39, 0.29) is 0 Å². The predicted octanol–water partition coefficient (Wildman–Crippen LogP) is 2.93. The SMILES string of the molecule is Cc1occc1CN(C)C1CCCCCC1CN. The van der Waals surface area contributed by atoms with Gasteiger partial charge in [-0.1, -0.05) is 19.3 Å². The summed E-state index contributed by atoms with van der Waals surface area (Å²) in [5.74, 6) is 1.70. The first-order valence-corrected chi connectivity index (χ1v) is 7.15. The molecule has 1 aromatic rings. The number of nitrogens with zero attached hydrogens (tertiary/aromatic N) is 1. The van der Waals surface area contributed by atoms with Crippen molar-refractivity contribution >= 4 is 0 Å². The molecule has 0 saturated heterocycles. The summed E-state index contributed by atoms with van der Waals surface area (Å²) in [6.07, 6.45) is 8.41. The van der Waals surface area contributed by atoms with Gasteiger partial charge in [0.1, 0.15) is 5.76 Å². The van der Waals surface area contributed by atoms with Crippen LogP contribution < -0.4 is 5.73 Å². The van der Waals surface area contributed by atoms with E-state index in [9.17, 15) is 0 Å². The smallest absolute Gasteiger partial charge is 0.105 e. The van der Waals surface area contributed by atoms with Crippen molar-refractivity contribution in [3.63, 3.8) is 0 Å². The Balaban J connectivity index is 2.01. The number of hydrogen-bond acceptors (Lipinski definition) is 3. The third kappa shape index (κ3) is 3.15. The maximum absolute atomic E-state index is 5.96. The minimum absolute atomic E-state index is 0.631. The molecule has 2 rings (SSSR count). The van der Waals surface area contributed by atoms with Crippen molar-refractivity contribution < 1.29 is 4.42 Å². The first-order chi connectivity index (χ1) is 8.72. The van der Waals surface area contributed by atoms with Crippen LogP contribution >= 0.6 is 0 Å². The Morgan fingerprint density at radius 2 is 2.11 bits per heavy atom. The van der Waals surface area contributed by atoms with Gasteiger partial charge in [-0.05, 0) is 45.3 Å². The number of aryl methyl sites for hydroxylation is 1. The lowest BCUT2D eigenvalue weighted by molar-refractivity contribution is 0.160. The maximum atomic E-state index is 5.96. The molecule has 1 heterocycles. The van der Waals surface area contributed by atoms with Crippen LogP contribution in [0.5, 0.6) is 0 Å². The fourth-order valence-corrected chi connectivity index (χ4v) is 3.18. The van der Waals surface area contributed by atoms with Gasteiger partial charge < -0.3 is 10.2 Å². The van der Waals surface area contributed by atoms with E-state index in [1.165, 1.54) is 37.7 Å². The molecule has 1 fully saturated rings. The van der Waals surface area contributed by atoms with Crippen molar-refractivity contribution in [2.75, 3.05) is 13.6 Å². The molecule has 1 aliphatic rings. The topological polar surface area (TPSA) is 42.4 Å². The summed E-state index contributed by atoms with van der Waals surface area (Å²) < 4.78 is 5.38. The lowest BCUT2D eigenvalue weighted by Gasteiger charge is -2.33. The Bertz CT molecular complexity index is 361. The average molecular weight is 250 g/mol. The molecule has 1 aliphatic carbocycles. The quantitative estimate of drug-likeness (QED) is 0.835. The summed E-state index contributed by atoms with van der Waals surface area (Å²) in [6, 6.07) is 2.71. The normalized spacial score (nSPS) is 25.3. The summed E-state index contributed by atoms with van der Waals surface area (Å²) in [4.78, 5) is 2.47. The second kappa shape index (κ2) is 6.39. The first-order valence-electron chi connectivity index (χ1n) is 7.15. The molecule has 3 nitrogen and oxygen atoms in total. The van der Waals surface area contributed by atoms with E-state index in [2.05, 4.69) is 18.0 Å². The highest BCUT2D eigenvalue weighted by molar-refractivity contribution is 5.15. The molecule has 1 aromatic heterocycles. The summed E-state index contributed by atoms with van der Waals surface area (Å²) in [5.41, 5.74) is 7.26. The molecule has 2 unspecified atom stereocenters. The Morgan fingerprint density at radius 1 is 1.33 bits per heavy atom. The van der Waals surface area contributed by atoms with Crippen LogP contribution in [-0.2, 0) is 6.54 Å². The summed E-state index contributed by atoms with van der Waals surface area (Å²) in [7, 11) is 2.23. The Morgan fingerprint density at radius 3 is 2.78 bits per heavy atom. The highest BCUT2D eigenvalue weighted by atomic mass is 16.3. The van der Waals surface area contributed by atoms with Crippen LogP contribution in [0.15, 0.2) is 16.7 Å². The van der Waals surface area contributed by atoms with Gasteiger partial charge in [-0.2, -0.15) is 0 Å². The van der Waals surface area contributed by atoms with E-state index in [0.29, 0.717) is 12.0 Å². The molecular formula is C15H26N2O. The Labute approximate surface area is 110 Å². The molecule has 0 spiro atoms. The van der Waals surface area contributed by atoms with Crippen LogP contribution in [0.1, 0.15) is 43.4 Å². The monoisotopic (exact) mass is 250 g/mol. The molecule has 0 aromatic carbocycles. The highest BCUT2D eigenvalue weighted by Gasteiger charge is 2.26. The minimum Gasteiger partial charge on any atom is -0.469 e. The Kier molecular flexibility index (Phi) is 4.84. The third-order valence-electron chi connectivity index (χ3n) is 4.37. The van der Waals surface area contributed by atoms with Gasteiger partial charge >= 0.3 is 0 Å². The van der Waals surface area contributed by atoms with E-state index >= 15 is 0 Å². The summed E-state index contributed by atoms with van der Waals surface area (Å²) in [5, 5.41) is 0. The molecule has 1 saturated carbocycles. The zero-order valence-corrected chi connectivity index (χ0v) is 11.7. The number of rotatable bonds is 4. The number of nitrogens with two attached hydrogens (primary N) is 1. The van der Waals surface area contributed by atoms with Crippen molar-refractivity contribution in [3.05, 3.63) is 23.7 Å². The van der Waals surface area contributed by atoms with E-state index in [1.54, 1.807) is 6.26 Å². The van der Waals surface area contributed by atoms with Gasteiger partial charge in [-0.25, -0.2) is 0 Å². The van der Waals surface area contributed by atoms with Gasteiger partial charge in [0.25, 0.3) is 0 Å². The third-order valence-corrected chi connectivity index (χ3v) is 4.37. The second-order valence-electron chi connectivity index (χ2n) is 5.62. The zero-order chi connectivity index (χ0) is 13.0. The van der Waals surface area contributed by atoms with E-state index in [0.717, 1.165) is 18.8 Å². The van der Waals surface area contributed by atoms with Crippen LogP contribution in [-0.4, -0.2) is 24.5 Å². The van der Waals surface area contributed by atoms with Crippen molar-refractivity contribution in [2.45, 2.75) is 51.6 Å². The molecule has 2 N–H and O–H groups in total. The van der Waals surface area contributed by atoms with Crippen LogP contribution in [0.3, 0.4) is 0 Å². The van der Waals surface area contributed by atoms with Crippen molar-refractivity contribution in [3.8, 4) is 0 Å². The van der Waals surface area contributed by atoms with Gasteiger partial charge in [0, 0.05) is 18.2 Å². The second-order valence-corrected chi connectivity index (χ2v) is 5.62. The van der Waals surface area contributed by atoms with Gasteiger partial charge in [-0.3, -0.25) is 4.90 Å². The molecule has 2 atom stereocenters. The zero-order valence-electron chi connectivity index (χ0n) is 11.7.